The van der Waals surface area contributed by atoms with Crippen molar-refractivity contribution >= 4 is 39.9 Å². The topological polar surface area (TPSA) is 113 Å². The molecule has 0 saturated carbocycles. The van der Waals surface area contributed by atoms with E-state index in [-0.39, 0.29) is 6.16 Å². The molecule has 9 nitrogen and oxygen atoms in total. The first kappa shape index (κ1) is 60.2. The van der Waals surface area contributed by atoms with Crippen molar-refractivity contribution in [3.8, 4) is 34.5 Å². The Morgan fingerprint density at radius 3 is 0.634 bits per heavy atom. The third kappa shape index (κ3) is 23.1. The molecule has 4 aromatic rings. The van der Waals surface area contributed by atoms with Crippen molar-refractivity contribution in [3.05, 3.63) is 36.4 Å². The quantitative estimate of drug-likeness (QED) is 0.0254. The molecule has 0 aliphatic rings. The van der Waals surface area contributed by atoms with Gasteiger partial charge in [0.1, 0.15) is 0 Å². The number of fused-ring (bicyclic) bond motifs is 6. The molecule has 71 heavy (non-hydrogen) atoms. The SMILES string of the molecule is CCCCCOc1cc2c3cc(OCCCCC)c(OCCCCC)cc3c3cc(OCCCCCCCCCCCCCCCCCCP(=O)(O)O)c(OCCCCC)cc3c2cc1OCCCCC. The van der Waals surface area contributed by atoms with Crippen LogP contribution in [0.25, 0.3) is 32.3 Å². The smallest absolute Gasteiger partial charge is 0.325 e. The van der Waals surface area contributed by atoms with Gasteiger partial charge in [-0.2, -0.15) is 0 Å². The van der Waals surface area contributed by atoms with Gasteiger partial charge in [0.25, 0.3) is 0 Å². The zero-order valence-corrected chi connectivity index (χ0v) is 46.4. The third-order valence-corrected chi connectivity index (χ3v) is 14.6. The van der Waals surface area contributed by atoms with Crippen LogP contribution in [0.4, 0.5) is 0 Å². The van der Waals surface area contributed by atoms with Gasteiger partial charge in [-0.15, -0.1) is 0 Å². The third-order valence-electron chi connectivity index (χ3n) is 13.8. The molecule has 0 bridgehead atoms. The minimum absolute atomic E-state index is 0.0302. The molecule has 0 unspecified atom stereocenters. The van der Waals surface area contributed by atoms with Crippen LogP contribution in [0.1, 0.15) is 234 Å². The second-order valence-electron chi connectivity index (χ2n) is 20.2. The number of benzene rings is 4. The molecule has 0 aromatic heterocycles. The predicted octanol–water partition coefficient (Wildman–Crippen LogP) is 18.8. The largest absolute Gasteiger partial charge is 0.490 e. The van der Waals surface area contributed by atoms with E-state index in [1.165, 1.54) is 70.6 Å². The van der Waals surface area contributed by atoms with Crippen molar-refractivity contribution in [2.75, 3.05) is 45.8 Å². The van der Waals surface area contributed by atoms with E-state index in [4.69, 9.17) is 38.2 Å². The second-order valence-corrected chi connectivity index (χ2v) is 22.0. The summed E-state index contributed by atoms with van der Waals surface area (Å²) in [6.45, 7) is 15.0. The van der Waals surface area contributed by atoms with Crippen LogP contribution in [0, 0.1) is 0 Å². The van der Waals surface area contributed by atoms with Gasteiger partial charge in [-0.05, 0) is 114 Å². The molecule has 2 N–H and O–H groups in total. The van der Waals surface area contributed by atoms with E-state index >= 15 is 0 Å². The highest BCUT2D eigenvalue weighted by Crippen LogP contribution is 2.47. The number of hydrogen-bond donors (Lipinski definition) is 2. The van der Waals surface area contributed by atoms with Crippen LogP contribution in [0.15, 0.2) is 36.4 Å². The Morgan fingerprint density at radius 1 is 0.282 bits per heavy atom. The molecular formula is C61H99O9P. The first-order valence-corrected chi connectivity index (χ1v) is 30.9. The van der Waals surface area contributed by atoms with Crippen LogP contribution in [0.5, 0.6) is 34.5 Å². The fraction of sp³-hybridized carbons (Fsp3) is 0.705. The summed E-state index contributed by atoms with van der Waals surface area (Å²) in [6, 6.07) is 13.3. The molecule has 0 aliphatic heterocycles. The lowest BCUT2D eigenvalue weighted by molar-refractivity contribution is 0.259. The van der Waals surface area contributed by atoms with E-state index in [2.05, 4.69) is 71.0 Å². The first-order valence-electron chi connectivity index (χ1n) is 29.1. The Morgan fingerprint density at radius 2 is 0.451 bits per heavy atom. The highest BCUT2D eigenvalue weighted by molar-refractivity contribution is 7.51. The van der Waals surface area contributed by atoms with E-state index < -0.39 is 7.60 Å². The van der Waals surface area contributed by atoms with Crippen LogP contribution in [0.2, 0.25) is 0 Å². The Hall–Kier alpha value is -3.39. The van der Waals surface area contributed by atoms with Crippen molar-refractivity contribution < 1.29 is 42.8 Å². The average Bonchev–Trinajstić information content (AvgIpc) is 3.36. The Bertz CT molecular complexity index is 2030. The van der Waals surface area contributed by atoms with Gasteiger partial charge in [0.2, 0.25) is 0 Å². The first-order chi connectivity index (χ1) is 34.7. The normalized spacial score (nSPS) is 11.8. The van der Waals surface area contributed by atoms with Gasteiger partial charge < -0.3 is 38.2 Å². The minimum Gasteiger partial charge on any atom is -0.490 e. The van der Waals surface area contributed by atoms with Gasteiger partial charge in [0, 0.05) is 6.16 Å². The molecule has 402 valence electrons. The van der Waals surface area contributed by atoms with Crippen LogP contribution in [-0.4, -0.2) is 55.6 Å². The van der Waals surface area contributed by atoms with E-state index in [1.54, 1.807) is 0 Å². The van der Waals surface area contributed by atoms with Crippen molar-refractivity contribution in [1.29, 1.82) is 0 Å². The van der Waals surface area contributed by atoms with Crippen LogP contribution in [-0.2, 0) is 4.57 Å². The lowest BCUT2D eigenvalue weighted by Gasteiger charge is -2.21. The molecule has 0 radical (unpaired) electrons. The van der Waals surface area contributed by atoms with Crippen molar-refractivity contribution in [2.45, 2.75) is 234 Å². The molecule has 0 amide bonds. The van der Waals surface area contributed by atoms with Crippen LogP contribution < -0.4 is 28.4 Å². The van der Waals surface area contributed by atoms with E-state index in [0.29, 0.717) is 46.1 Å². The molecule has 0 heterocycles. The summed E-state index contributed by atoms with van der Waals surface area (Å²) in [4.78, 5) is 18.0. The van der Waals surface area contributed by atoms with E-state index in [9.17, 15) is 4.57 Å². The highest BCUT2D eigenvalue weighted by atomic mass is 31.2. The fourth-order valence-corrected chi connectivity index (χ4v) is 10.1. The molecular weight excluding hydrogens is 908 g/mol. The summed E-state index contributed by atoms with van der Waals surface area (Å²) < 4.78 is 50.8. The zero-order chi connectivity index (χ0) is 50.8. The summed E-state index contributed by atoms with van der Waals surface area (Å²) >= 11 is 0. The standard InChI is InChI=1S/C61H99O9P/c1-6-11-30-37-65-56-44-50-51-45-57(66-38-31-12-7-2)59(68-40-33-14-9-4)47-53(51)55-49-61(60(69-41-34-15-10-5)48-54(55)52(50)46-58(56)67-39-32-13-8-3)70-42-35-28-26-24-22-20-18-16-17-19-21-23-25-27-29-36-43-71(62,63)64/h44-49H,6-43H2,1-5H3,(H2,62,63,64). The lowest BCUT2D eigenvalue weighted by Crippen LogP contribution is -2.05. The molecule has 4 rings (SSSR count). The maximum Gasteiger partial charge on any atom is 0.325 e. The maximum atomic E-state index is 11.0. The van der Waals surface area contributed by atoms with Gasteiger partial charge >= 0.3 is 7.60 Å². The number of rotatable bonds is 45. The summed E-state index contributed by atoms with van der Waals surface area (Å²) in [5.74, 6) is 4.76. The summed E-state index contributed by atoms with van der Waals surface area (Å²) in [7, 11) is -3.83. The Kier molecular flexibility index (Phi) is 30.9. The monoisotopic (exact) mass is 1010 g/mol. The van der Waals surface area contributed by atoms with Crippen molar-refractivity contribution in [1.82, 2.24) is 0 Å². The highest BCUT2D eigenvalue weighted by Gasteiger charge is 2.21. The molecule has 4 aromatic carbocycles. The zero-order valence-electron chi connectivity index (χ0n) is 45.5. The molecule has 0 atom stereocenters. The van der Waals surface area contributed by atoms with E-state index in [0.717, 1.165) is 189 Å². The van der Waals surface area contributed by atoms with Gasteiger partial charge in [0.05, 0.1) is 39.6 Å². The van der Waals surface area contributed by atoms with E-state index in [1.807, 2.05) is 0 Å². The van der Waals surface area contributed by atoms with Gasteiger partial charge in [-0.3, -0.25) is 4.57 Å². The molecule has 0 fully saturated rings. The van der Waals surface area contributed by atoms with Gasteiger partial charge in [-0.25, -0.2) is 0 Å². The number of unbranched alkanes of at least 4 members (excludes halogenated alkanes) is 25. The Balaban J connectivity index is 1.55. The average molecular weight is 1010 g/mol. The fourth-order valence-electron chi connectivity index (χ4n) is 9.44. The minimum atomic E-state index is -3.83. The Labute approximate surface area is 431 Å². The molecule has 0 saturated heterocycles. The predicted molar refractivity (Wildman–Crippen MR) is 300 cm³/mol. The maximum absolute atomic E-state index is 11.0. The molecule has 10 heteroatoms. The van der Waals surface area contributed by atoms with Crippen molar-refractivity contribution in [3.63, 3.8) is 0 Å². The van der Waals surface area contributed by atoms with Crippen LogP contribution in [0.3, 0.4) is 0 Å². The van der Waals surface area contributed by atoms with Crippen LogP contribution >= 0.6 is 7.60 Å². The lowest BCUT2D eigenvalue weighted by atomic mass is 9.93. The number of ether oxygens (including phenoxy) is 6. The van der Waals surface area contributed by atoms with Gasteiger partial charge in [0.15, 0.2) is 34.5 Å². The summed E-state index contributed by atoms with van der Waals surface area (Å²) in [6.07, 6.45) is 35.2. The number of hydrogen-bond acceptors (Lipinski definition) is 7. The summed E-state index contributed by atoms with van der Waals surface area (Å²) in [5, 5.41) is 6.59. The molecule has 0 spiro atoms. The summed E-state index contributed by atoms with van der Waals surface area (Å²) in [5.41, 5.74) is 0. The second kappa shape index (κ2) is 36.5. The van der Waals surface area contributed by atoms with Gasteiger partial charge in [-0.1, -0.05) is 189 Å². The van der Waals surface area contributed by atoms with Crippen molar-refractivity contribution in [2.24, 2.45) is 0 Å². The molecule has 0 aliphatic carbocycles.